The molecule has 2 aromatic carbocycles. The fourth-order valence-corrected chi connectivity index (χ4v) is 2.18. The minimum atomic E-state index is 0.0658. The van der Waals surface area contributed by atoms with Crippen LogP contribution >= 0.6 is 0 Å². The smallest absolute Gasteiger partial charge is 0.0681 e. The Balaban J connectivity index is 2.61. The highest BCUT2D eigenvalue weighted by Crippen LogP contribution is 2.33. The van der Waals surface area contributed by atoms with Crippen molar-refractivity contribution in [1.82, 2.24) is 0 Å². The maximum Gasteiger partial charge on any atom is 0.0681 e. The van der Waals surface area contributed by atoms with Gasteiger partial charge in [-0.3, -0.25) is 0 Å². The van der Waals surface area contributed by atoms with Crippen molar-refractivity contribution in [3.8, 4) is 11.1 Å². The van der Waals surface area contributed by atoms with Gasteiger partial charge in [0.15, 0.2) is 0 Å². The molecule has 2 rings (SSSR count). The summed E-state index contributed by atoms with van der Waals surface area (Å²) < 4.78 is 0. The van der Waals surface area contributed by atoms with E-state index in [9.17, 15) is 5.11 Å². The average molecular weight is 240 g/mol. The highest BCUT2D eigenvalue weighted by molar-refractivity contribution is 5.69. The van der Waals surface area contributed by atoms with Crippen molar-refractivity contribution in [3.05, 3.63) is 59.7 Å². The van der Waals surface area contributed by atoms with Gasteiger partial charge in [-0.1, -0.05) is 69.3 Å². The lowest BCUT2D eigenvalue weighted by atomic mass is 9.81. The number of hydrogen-bond acceptors (Lipinski definition) is 1. The molecule has 0 bridgehead atoms. The van der Waals surface area contributed by atoms with Crippen molar-refractivity contribution in [2.45, 2.75) is 32.8 Å². The number of benzene rings is 2. The van der Waals surface area contributed by atoms with E-state index in [1.165, 1.54) is 16.7 Å². The highest BCUT2D eigenvalue weighted by atomic mass is 16.3. The lowest BCUT2D eigenvalue weighted by Gasteiger charge is -2.24. The van der Waals surface area contributed by atoms with E-state index >= 15 is 0 Å². The quantitative estimate of drug-likeness (QED) is 0.836. The van der Waals surface area contributed by atoms with E-state index in [1.807, 2.05) is 12.1 Å². The van der Waals surface area contributed by atoms with Crippen LogP contribution in [0.4, 0.5) is 0 Å². The molecule has 0 aliphatic heterocycles. The van der Waals surface area contributed by atoms with Gasteiger partial charge in [0, 0.05) is 0 Å². The maximum atomic E-state index is 9.29. The summed E-state index contributed by atoms with van der Waals surface area (Å²) in [6.07, 6.45) is 0. The van der Waals surface area contributed by atoms with Crippen molar-refractivity contribution in [3.63, 3.8) is 0 Å². The number of hydrogen-bond donors (Lipinski definition) is 1. The summed E-state index contributed by atoms with van der Waals surface area (Å²) in [5, 5.41) is 9.29. The van der Waals surface area contributed by atoms with E-state index < -0.39 is 0 Å². The zero-order valence-corrected chi connectivity index (χ0v) is 11.3. The Morgan fingerprint density at radius 3 is 2.17 bits per heavy atom. The first-order valence-electron chi connectivity index (χ1n) is 6.32. The fourth-order valence-electron chi connectivity index (χ4n) is 2.18. The molecule has 0 atom stereocenters. The van der Waals surface area contributed by atoms with Crippen LogP contribution in [0.15, 0.2) is 48.5 Å². The second kappa shape index (κ2) is 4.95. The van der Waals surface area contributed by atoms with Crippen LogP contribution in [0.3, 0.4) is 0 Å². The van der Waals surface area contributed by atoms with Crippen LogP contribution in [0.5, 0.6) is 0 Å². The Labute approximate surface area is 109 Å². The summed E-state index contributed by atoms with van der Waals surface area (Å²) in [4.78, 5) is 0. The largest absolute Gasteiger partial charge is 0.392 e. The molecule has 0 heterocycles. The van der Waals surface area contributed by atoms with E-state index in [0.717, 1.165) is 5.56 Å². The number of aliphatic hydroxyl groups is 1. The Bertz CT molecular complexity index is 521. The average Bonchev–Trinajstić information content (AvgIpc) is 2.38. The second-order valence-electron chi connectivity index (χ2n) is 5.65. The molecule has 18 heavy (non-hydrogen) atoms. The standard InChI is InChI=1S/C17H20O/c1-17(2,3)16-11-13(12-18)9-10-15(16)14-7-5-4-6-8-14/h4-11,18H,12H2,1-3H3. The van der Waals surface area contributed by atoms with Gasteiger partial charge < -0.3 is 5.11 Å². The molecular weight excluding hydrogens is 220 g/mol. The van der Waals surface area contributed by atoms with Gasteiger partial charge in [-0.2, -0.15) is 0 Å². The van der Waals surface area contributed by atoms with Crippen LogP contribution in [0.25, 0.3) is 11.1 Å². The first-order valence-corrected chi connectivity index (χ1v) is 6.32. The van der Waals surface area contributed by atoms with Crippen LogP contribution in [-0.2, 0) is 12.0 Å². The molecule has 0 saturated heterocycles. The molecule has 0 spiro atoms. The topological polar surface area (TPSA) is 20.2 Å². The van der Waals surface area contributed by atoms with E-state index in [2.05, 4.69) is 57.2 Å². The van der Waals surface area contributed by atoms with Crippen molar-refractivity contribution >= 4 is 0 Å². The van der Waals surface area contributed by atoms with Gasteiger partial charge in [0.1, 0.15) is 0 Å². The molecule has 0 fully saturated rings. The molecule has 94 valence electrons. The summed E-state index contributed by atoms with van der Waals surface area (Å²) in [6.45, 7) is 6.71. The first kappa shape index (κ1) is 12.8. The third kappa shape index (κ3) is 2.62. The molecule has 1 heteroatoms. The lowest BCUT2D eigenvalue weighted by molar-refractivity contribution is 0.281. The molecular formula is C17H20O. The van der Waals surface area contributed by atoms with Gasteiger partial charge in [-0.25, -0.2) is 0 Å². The van der Waals surface area contributed by atoms with Crippen LogP contribution in [0.2, 0.25) is 0 Å². The number of aliphatic hydroxyl groups excluding tert-OH is 1. The molecule has 0 aromatic heterocycles. The molecule has 0 saturated carbocycles. The van der Waals surface area contributed by atoms with E-state index in [4.69, 9.17) is 0 Å². The van der Waals surface area contributed by atoms with E-state index in [0.29, 0.717) is 0 Å². The molecule has 0 aliphatic carbocycles. The third-order valence-electron chi connectivity index (χ3n) is 3.16. The minimum absolute atomic E-state index is 0.0658. The first-order chi connectivity index (χ1) is 8.52. The maximum absolute atomic E-state index is 9.29. The van der Waals surface area contributed by atoms with Crippen molar-refractivity contribution in [2.75, 3.05) is 0 Å². The Morgan fingerprint density at radius 1 is 0.944 bits per heavy atom. The lowest BCUT2D eigenvalue weighted by Crippen LogP contribution is -2.13. The van der Waals surface area contributed by atoms with Gasteiger partial charge in [0.25, 0.3) is 0 Å². The minimum Gasteiger partial charge on any atom is -0.392 e. The van der Waals surface area contributed by atoms with Gasteiger partial charge in [-0.15, -0.1) is 0 Å². The van der Waals surface area contributed by atoms with Gasteiger partial charge in [0.2, 0.25) is 0 Å². The molecule has 0 amide bonds. The SMILES string of the molecule is CC(C)(C)c1cc(CO)ccc1-c1ccccc1. The van der Waals surface area contributed by atoms with Gasteiger partial charge in [-0.05, 0) is 27.7 Å². The van der Waals surface area contributed by atoms with Crippen molar-refractivity contribution < 1.29 is 5.11 Å². The van der Waals surface area contributed by atoms with Crippen molar-refractivity contribution in [2.24, 2.45) is 0 Å². The Morgan fingerprint density at radius 2 is 1.61 bits per heavy atom. The Kier molecular flexibility index (Phi) is 3.53. The molecule has 1 N–H and O–H groups in total. The van der Waals surface area contributed by atoms with Crippen molar-refractivity contribution in [1.29, 1.82) is 0 Å². The van der Waals surface area contributed by atoms with Crippen LogP contribution in [0, 0.1) is 0 Å². The number of rotatable bonds is 2. The van der Waals surface area contributed by atoms with Crippen LogP contribution in [0.1, 0.15) is 31.9 Å². The zero-order valence-electron chi connectivity index (χ0n) is 11.3. The highest BCUT2D eigenvalue weighted by Gasteiger charge is 2.19. The van der Waals surface area contributed by atoms with Crippen LogP contribution < -0.4 is 0 Å². The molecule has 0 unspecified atom stereocenters. The zero-order chi connectivity index (χ0) is 13.2. The summed E-state index contributed by atoms with van der Waals surface area (Å²) in [5.41, 5.74) is 4.79. The second-order valence-corrected chi connectivity index (χ2v) is 5.65. The normalized spacial score (nSPS) is 11.6. The molecule has 2 aromatic rings. The van der Waals surface area contributed by atoms with Gasteiger partial charge in [0.05, 0.1) is 6.61 Å². The third-order valence-corrected chi connectivity index (χ3v) is 3.16. The molecule has 0 aliphatic rings. The van der Waals surface area contributed by atoms with E-state index in [1.54, 1.807) is 0 Å². The predicted octanol–water partition coefficient (Wildman–Crippen LogP) is 4.14. The van der Waals surface area contributed by atoms with E-state index in [-0.39, 0.29) is 12.0 Å². The molecule has 0 radical (unpaired) electrons. The van der Waals surface area contributed by atoms with Gasteiger partial charge >= 0.3 is 0 Å². The monoisotopic (exact) mass is 240 g/mol. The molecule has 1 nitrogen and oxygen atoms in total. The fraction of sp³-hybridized carbons (Fsp3) is 0.294. The predicted molar refractivity (Wildman–Crippen MR) is 76.5 cm³/mol. The summed E-state index contributed by atoms with van der Waals surface area (Å²) in [7, 11) is 0. The Hall–Kier alpha value is -1.60. The summed E-state index contributed by atoms with van der Waals surface area (Å²) >= 11 is 0. The summed E-state index contributed by atoms with van der Waals surface area (Å²) in [5.74, 6) is 0. The summed E-state index contributed by atoms with van der Waals surface area (Å²) in [6, 6.07) is 16.6. The van der Waals surface area contributed by atoms with Crippen LogP contribution in [-0.4, -0.2) is 5.11 Å².